The van der Waals surface area contributed by atoms with E-state index in [1.165, 1.54) is 0 Å². The van der Waals surface area contributed by atoms with E-state index in [9.17, 15) is 9.59 Å². The molecule has 0 aromatic rings. The molecule has 0 spiro atoms. The number of nitrogens with one attached hydrogen (secondary N) is 1. The summed E-state index contributed by atoms with van der Waals surface area (Å²) >= 11 is 0. The van der Waals surface area contributed by atoms with Gasteiger partial charge < -0.3 is 14.8 Å². The third kappa shape index (κ3) is 7.14. The summed E-state index contributed by atoms with van der Waals surface area (Å²) in [7, 11) is 0. The van der Waals surface area contributed by atoms with Crippen LogP contribution < -0.4 is 5.32 Å². The van der Waals surface area contributed by atoms with Crippen molar-refractivity contribution in [1.82, 2.24) is 5.32 Å². The van der Waals surface area contributed by atoms with Gasteiger partial charge in [-0.3, -0.25) is 0 Å². The number of carbonyl (C=O) groups is 2. The number of alkyl carbamates (subject to hydrolysis) is 1. The largest absolute Gasteiger partial charge is 0.464 e. The Morgan fingerprint density at radius 2 is 1.67 bits per heavy atom. The van der Waals surface area contributed by atoms with Gasteiger partial charge in [-0.1, -0.05) is 13.3 Å². The molecule has 1 N–H and O–H groups in total. The Morgan fingerprint density at radius 1 is 1.11 bits per heavy atom. The monoisotopic (exact) mass is 259 g/mol. The molecule has 0 aliphatic heterocycles. The lowest BCUT2D eigenvalue weighted by Gasteiger charge is -2.26. The van der Waals surface area contributed by atoms with Crippen LogP contribution in [0.15, 0.2) is 0 Å². The van der Waals surface area contributed by atoms with E-state index in [-0.39, 0.29) is 0 Å². The maximum absolute atomic E-state index is 11.7. The van der Waals surface area contributed by atoms with Crippen molar-refractivity contribution in [2.45, 2.75) is 65.5 Å². The first-order chi connectivity index (χ1) is 8.08. The predicted octanol–water partition coefficient (Wildman–Crippen LogP) is 2.63. The first-order valence-corrected chi connectivity index (χ1v) is 6.27. The van der Waals surface area contributed by atoms with Crippen molar-refractivity contribution in [3.8, 4) is 0 Å². The van der Waals surface area contributed by atoms with Gasteiger partial charge in [-0.05, 0) is 41.0 Å². The quantitative estimate of drug-likeness (QED) is 0.609. The summed E-state index contributed by atoms with van der Waals surface area (Å²) in [6, 6.07) is 0. The van der Waals surface area contributed by atoms with Crippen molar-refractivity contribution < 1.29 is 19.1 Å². The first kappa shape index (κ1) is 16.7. The van der Waals surface area contributed by atoms with Crippen molar-refractivity contribution in [1.29, 1.82) is 0 Å². The Bertz CT molecular complexity index is 292. The third-order valence-electron chi connectivity index (χ3n) is 2.05. The summed E-state index contributed by atoms with van der Waals surface area (Å²) in [5, 5.41) is 2.50. The molecule has 5 nitrogen and oxygen atoms in total. The van der Waals surface area contributed by atoms with Crippen LogP contribution in [0.1, 0.15) is 54.4 Å². The molecular formula is C13H25NO4. The number of amides is 1. The summed E-state index contributed by atoms with van der Waals surface area (Å²) in [4.78, 5) is 23.3. The van der Waals surface area contributed by atoms with Crippen LogP contribution >= 0.6 is 0 Å². The van der Waals surface area contributed by atoms with Crippen molar-refractivity contribution in [3.63, 3.8) is 0 Å². The fraction of sp³-hybridized carbons (Fsp3) is 0.846. The number of esters is 1. The Balaban J connectivity index is 4.28. The second kappa shape index (κ2) is 6.61. The van der Waals surface area contributed by atoms with E-state index in [0.717, 1.165) is 12.8 Å². The van der Waals surface area contributed by atoms with Gasteiger partial charge in [0, 0.05) is 0 Å². The summed E-state index contributed by atoms with van der Waals surface area (Å²) in [6.07, 6.45) is 1.14. The molecule has 0 saturated heterocycles. The summed E-state index contributed by atoms with van der Waals surface area (Å²) in [5.74, 6) is -0.457. The van der Waals surface area contributed by atoms with Gasteiger partial charge in [0.1, 0.15) is 11.1 Å². The molecule has 0 aliphatic carbocycles. The number of hydrogen-bond donors (Lipinski definition) is 1. The van der Waals surface area contributed by atoms with Gasteiger partial charge in [0.2, 0.25) is 0 Å². The fourth-order valence-corrected chi connectivity index (χ4v) is 1.10. The highest BCUT2D eigenvalue weighted by Gasteiger charge is 2.32. The summed E-state index contributed by atoms with van der Waals surface area (Å²) < 4.78 is 10.2. The zero-order valence-electron chi connectivity index (χ0n) is 12.3. The SMILES string of the molecule is CCCCOC(=O)C(C)(C)NC(=O)OC(C)(C)C. The topological polar surface area (TPSA) is 64.6 Å². The molecule has 0 aromatic carbocycles. The molecule has 0 rings (SSSR count). The highest BCUT2D eigenvalue weighted by molar-refractivity contribution is 5.84. The molecule has 0 atom stereocenters. The van der Waals surface area contributed by atoms with Gasteiger partial charge in [-0.25, -0.2) is 9.59 Å². The van der Waals surface area contributed by atoms with E-state index < -0.39 is 23.2 Å². The van der Waals surface area contributed by atoms with Crippen LogP contribution in [0.2, 0.25) is 0 Å². The zero-order valence-corrected chi connectivity index (χ0v) is 12.3. The Morgan fingerprint density at radius 3 is 2.11 bits per heavy atom. The molecular weight excluding hydrogens is 234 g/mol. The number of ether oxygens (including phenoxy) is 2. The average Bonchev–Trinajstić information content (AvgIpc) is 2.13. The van der Waals surface area contributed by atoms with Crippen molar-refractivity contribution in [2.75, 3.05) is 6.61 Å². The molecule has 0 fully saturated rings. The van der Waals surface area contributed by atoms with Gasteiger partial charge >= 0.3 is 12.1 Å². The summed E-state index contributed by atoms with van der Waals surface area (Å²) in [5.41, 5.74) is -1.68. The lowest BCUT2D eigenvalue weighted by atomic mass is 10.1. The van der Waals surface area contributed by atoms with Crippen molar-refractivity contribution in [2.24, 2.45) is 0 Å². The number of rotatable bonds is 5. The van der Waals surface area contributed by atoms with Crippen LogP contribution in [0.3, 0.4) is 0 Å². The van der Waals surface area contributed by atoms with Crippen LogP contribution in [0, 0.1) is 0 Å². The molecule has 0 aliphatic rings. The average molecular weight is 259 g/mol. The molecule has 0 radical (unpaired) electrons. The van der Waals surface area contributed by atoms with E-state index in [4.69, 9.17) is 9.47 Å². The summed E-state index contributed by atoms with van der Waals surface area (Å²) in [6.45, 7) is 10.8. The van der Waals surface area contributed by atoms with Gasteiger partial charge in [0.15, 0.2) is 0 Å². The van der Waals surface area contributed by atoms with Crippen LogP contribution in [0.4, 0.5) is 4.79 Å². The van der Waals surface area contributed by atoms with Crippen LogP contribution in [-0.2, 0) is 14.3 Å². The van der Waals surface area contributed by atoms with Crippen molar-refractivity contribution >= 4 is 12.1 Å². The van der Waals surface area contributed by atoms with Gasteiger partial charge in [0.05, 0.1) is 6.61 Å². The Labute approximate surface area is 109 Å². The second-order valence-corrected chi connectivity index (χ2v) is 5.74. The standard InChI is InChI=1S/C13H25NO4/c1-7-8-9-17-10(15)13(5,6)14-11(16)18-12(2,3)4/h7-9H2,1-6H3,(H,14,16). The lowest BCUT2D eigenvalue weighted by molar-refractivity contribution is -0.150. The normalized spacial score (nSPS) is 11.9. The number of hydrogen-bond acceptors (Lipinski definition) is 4. The number of carbonyl (C=O) groups excluding carboxylic acids is 2. The van der Waals surface area contributed by atoms with E-state index in [1.807, 2.05) is 6.92 Å². The van der Waals surface area contributed by atoms with Gasteiger partial charge in [-0.2, -0.15) is 0 Å². The molecule has 5 heteroatoms. The van der Waals surface area contributed by atoms with Crippen LogP contribution in [0.5, 0.6) is 0 Å². The molecule has 18 heavy (non-hydrogen) atoms. The van der Waals surface area contributed by atoms with Crippen LogP contribution in [0.25, 0.3) is 0 Å². The minimum absolute atomic E-state index is 0.370. The predicted molar refractivity (Wildman–Crippen MR) is 69.3 cm³/mol. The maximum atomic E-state index is 11.7. The van der Waals surface area contributed by atoms with E-state index in [0.29, 0.717) is 6.61 Å². The second-order valence-electron chi connectivity index (χ2n) is 5.74. The highest BCUT2D eigenvalue weighted by atomic mass is 16.6. The molecule has 0 unspecified atom stereocenters. The lowest BCUT2D eigenvalue weighted by Crippen LogP contribution is -2.52. The smallest absolute Gasteiger partial charge is 0.408 e. The third-order valence-corrected chi connectivity index (χ3v) is 2.05. The molecule has 0 heterocycles. The molecule has 0 aromatic heterocycles. The van der Waals surface area contributed by atoms with Gasteiger partial charge in [0.25, 0.3) is 0 Å². The Kier molecular flexibility index (Phi) is 6.15. The Hall–Kier alpha value is -1.26. The van der Waals surface area contributed by atoms with Gasteiger partial charge in [-0.15, -0.1) is 0 Å². The van der Waals surface area contributed by atoms with Crippen molar-refractivity contribution in [3.05, 3.63) is 0 Å². The molecule has 106 valence electrons. The number of unbranched alkanes of at least 4 members (excludes halogenated alkanes) is 1. The first-order valence-electron chi connectivity index (χ1n) is 6.27. The maximum Gasteiger partial charge on any atom is 0.408 e. The molecule has 1 amide bonds. The van der Waals surface area contributed by atoms with E-state index in [1.54, 1.807) is 34.6 Å². The minimum Gasteiger partial charge on any atom is -0.464 e. The van der Waals surface area contributed by atoms with Crippen LogP contribution in [-0.4, -0.2) is 29.8 Å². The zero-order chi connectivity index (χ0) is 14.4. The van der Waals surface area contributed by atoms with E-state index >= 15 is 0 Å². The minimum atomic E-state index is -1.09. The molecule has 0 saturated carbocycles. The highest BCUT2D eigenvalue weighted by Crippen LogP contribution is 2.11. The fourth-order valence-electron chi connectivity index (χ4n) is 1.10. The van der Waals surface area contributed by atoms with E-state index in [2.05, 4.69) is 5.32 Å². The molecule has 0 bridgehead atoms.